The van der Waals surface area contributed by atoms with Gasteiger partial charge in [0.15, 0.2) is 0 Å². The molecule has 4 amide bonds. The van der Waals surface area contributed by atoms with Crippen LogP contribution in [-0.2, 0) is 16.0 Å². The van der Waals surface area contributed by atoms with Crippen LogP contribution in [0.4, 0.5) is 0 Å². The summed E-state index contributed by atoms with van der Waals surface area (Å²) in [6, 6.07) is 29.5. The SMILES string of the molecule is O=C1CCC(N2C(=O)c3ccc(-c4cccc(OCCCCOc5ccc(-n6cc(-c7ccc8c(c7)CC/C8=N\O)c(-c7ccncc7)n6)cc5)c4)cc3C2=O)C(=O)N1. The topological polar surface area (TPSA) is 165 Å². The first-order valence-electron chi connectivity index (χ1n) is 19.5. The van der Waals surface area contributed by atoms with Crippen molar-refractivity contribution >= 4 is 29.3 Å². The Bertz CT molecular complexity index is 2650. The summed E-state index contributed by atoms with van der Waals surface area (Å²) in [5, 5.41) is 20.1. The molecule has 294 valence electrons. The summed E-state index contributed by atoms with van der Waals surface area (Å²) < 4.78 is 14.0. The van der Waals surface area contributed by atoms with E-state index in [0.29, 0.717) is 24.7 Å². The predicted octanol–water partition coefficient (Wildman–Crippen LogP) is 7.03. The highest BCUT2D eigenvalue weighted by atomic mass is 16.5. The van der Waals surface area contributed by atoms with Crippen LogP contribution >= 0.6 is 0 Å². The van der Waals surface area contributed by atoms with Crippen molar-refractivity contribution in [3.63, 3.8) is 0 Å². The summed E-state index contributed by atoms with van der Waals surface area (Å²) in [5.74, 6) is -0.714. The van der Waals surface area contributed by atoms with Crippen molar-refractivity contribution in [1.29, 1.82) is 0 Å². The maximum atomic E-state index is 13.3. The van der Waals surface area contributed by atoms with E-state index in [1.165, 1.54) is 0 Å². The minimum atomic E-state index is -1.01. The van der Waals surface area contributed by atoms with Crippen LogP contribution in [0.3, 0.4) is 0 Å². The fraction of sp³-hybridized carbons (Fsp3) is 0.196. The Balaban J connectivity index is 0.791. The van der Waals surface area contributed by atoms with Crippen molar-refractivity contribution in [2.75, 3.05) is 13.2 Å². The number of unbranched alkanes of at least 4 members (excludes halogenated alkanes) is 1. The zero-order chi connectivity index (χ0) is 40.5. The van der Waals surface area contributed by atoms with Gasteiger partial charge < -0.3 is 14.7 Å². The standard InChI is InChI=1S/C46H38N6O7/c53-42-17-16-41(44(54)48-42)52-45(55)37-14-6-30(26-38(37)46(52)56)29-4-3-5-35(25-29)59-23-2-1-22-58-34-11-9-33(10-12-34)51-27-39(43(49-51)28-18-20-47-21-19-28)32-7-13-36-31(24-32)8-15-40(36)50-57/h3-7,9-14,18-21,24-27,41,57H,1-2,8,15-17,22-23H2,(H,48,53,54)/b50-40+. The number of carbonyl (C=O) groups is 4. The van der Waals surface area contributed by atoms with Gasteiger partial charge >= 0.3 is 0 Å². The first kappa shape index (κ1) is 37.2. The van der Waals surface area contributed by atoms with Crippen molar-refractivity contribution in [1.82, 2.24) is 25.0 Å². The van der Waals surface area contributed by atoms with Gasteiger partial charge in [0.1, 0.15) is 23.2 Å². The normalized spacial score (nSPS) is 16.6. The molecule has 1 fully saturated rings. The van der Waals surface area contributed by atoms with Gasteiger partial charge in [-0.1, -0.05) is 41.6 Å². The number of carbonyl (C=O) groups excluding carboxylic acids is 4. The van der Waals surface area contributed by atoms with Gasteiger partial charge in [-0.05, 0) is 115 Å². The van der Waals surface area contributed by atoms with Gasteiger partial charge in [-0.2, -0.15) is 5.10 Å². The zero-order valence-corrected chi connectivity index (χ0v) is 31.8. The summed E-state index contributed by atoms with van der Waals surface area (Å²) in [6.45, 7) is 0.991. The predicted molar refractivity (Wildman–Crippen MR) is 218 cm³/mol. The van der Waals surface area contributed by atoms with Crippen LogP contribution in [0.2, 0.25) is 0 Å². The van der Waals surface area contributed by atoms with Gasteiger partial charge in [-0.15, -0.1) is 0 Å². The Labute approximate surface area is 338 Å². The molecule has 59 heavy (non-hydrogen) atoms. The van der Waals surface area contributed by atoms with E-state index in [2.05, 4.69) is 21.5 Å². The molecule has 0 saturated carbocycles. The van der Waals surface area contributed by atoms with Gasteiger partial charge in [-0.3, -0.25) is 34.4 Å². The van der Waals surface area contributed by atoms with Crippen molar-refractivity contribution in [3.05, 3.63) is 138 Å². The highest BCUT2D eigenvalue weighted by Gasteiger charge is 2.44. The average molecular weight is 787 g/mol. The van der Waals surface area contributed by atoms with E-state index in [-0.39, 0.29) is 24.0 Å². The Morgan fingerprint density at radius 3 is 2.20 bits per heavy atom. The minimum Gasteiger partial charge on any atom is -0.494 e. The van der Waals surface area contributed by atoms with E-state index >= 15 is 0 Å². The maximum Gasteiger partial charge on any atom is 0.262 e. The number of oxime groups is 1. The average Bonchev–Trinajstić information content (AvgIpc) is 3.97. The lowest BCUT2D eigenvalue weighted by molar-refractivity contribution is -0.136. The van der Waals surface area contributed by atoms with E-state index in [1.807, 2.05) is 83.7 Å². The molecule has 6 aromatic rings. The lowest BCUT2D eigenvalue weighted by Crippen LogP contribution is -2.54. The lowest BCUT2D eigenvalue weighted by Gasteiger charge is -2.27. The number of ether oxygens (including phenoxy) is 2. The highest BCUT2D eigenvalue weighted by molar-refractivity contribution is 6.23. The van der Waals surface area contributed by atoms with E-state index in [9.17, 15) is 24.4 Å². The molecule has 1 aliphatic carbocycles. The number of imide groups is 2. The summed E-state index contributed by atoms with van der Waals surface area (Å²) in [6.07, 6.45) is 8.81. The van der Waals surface area contributed by atoms with Crippen LogP contribution in [0.1, 0.15) is 63.9 Å². The van der Waals surface area contributed by atoms with E-state index in [1.54, 1.807) is 30.6 Å². The van der Waals surface area contributed by atoms with Crippen LogP contribution in [-0.4, -0.2) is 73.5 Å². The van der Waals surface area contributed by atoms with Gasteiger partial charge in [0.2, 0.25) is 11.8 Å². The lowest BCUT2D eigenvalue weighted by atomic mass is 9.98. The van der Waals surface area contributed by atoms with E-state index in [4.69, 9.17) is 14.6 Å². The molecule has 1 atom stereocenters. The van der Waals surface area contributed by atoms with E-state index in [0.717, 1.165) is 86.7 Å². The number of aromatic nitrogens is 3. The van der Waals surface area contributed by atoms with Crippen molar-refractivity contribution in [3.8, 4) is 50.7 Å². The second-order valence-corrected chi connectivity index (χ2v) is 14.6. The molecule has 0 bridgehead atoms. The van der Waals surface area contributed by atoms with Crippen LogP contribution in [0, 0.1) is 0 Å². The number of nitrogens with one attached hydrogen (secondary N) is 1. The van der Waals surface area contributed by atoms with Crippen LogP contribution in [0.25, 0.3) is 39.2 Å². The minimum absolute atomic E-state index is 0.0661. The molecule has 2 aliphatic heterocycles. The fourth-order valence-electron chi connectivity index (χ4n) is 7.88. The van der Waals surface area contributed by atoms with Gasteiger partial charge in [-0.25, -0.2) is 4.68 Å². The van der Waals surface area contributed by atoms with Gasteiger partial charge in [0.25, 0.3) is 11.8 Å². The van der Waals surface area contributed by atoms with Crippen molar-refractivity contribution < 1.29 is 33.9 Å². The Morgan fingerprint density at radius 2 is 1.42 bits per heavy atom. The van der Waals surface area contributed by atoms with Crippen molar-refractivity contribution in [2.45, 2.75) is 44.6 Å². The third-order valence-corrected chi connectivity index (χ3v) is 10.9. The molecule has 1 unspecified atom stereocenters. The number of aryl methyl sites for hydroxylation is 1. The molecule has 0 spiro atoms. The zero-order valence-electron chi connectivity index (χ0n) is 31.8. The summed E-state index contributed by atoms with van der Waals surface area (Å²) >= 11 is 0. The summed E-state index contributed by atoms with van der Waals surface area (Å²) in [5.41, 5.74) is 9.57. The van der Waals surface area contributed by atoms with E-state index < -0.39 is 29.7 Å². The third kappa shape index (κ3) is 7.34. The molecule has 9 rings (SSSR count). The Hall–Kier alpha value is -7.41. The number of piperidine rings is 1. The molecule has 4 heterocycles. The first-order chi connectivity index (χ1) is 28.8. The number of fused-ring (bicyclic) bond motifs is 2. The molecule has 1 saturated heterocycles. The smallest absolute Gasteiger partial charge is 0.262 e. The second-order valence-electron chi connectivity index (χ2n) is 14.6. The Morgan fingerprint density at radius 1 is 0.695 bits per heavy atom. The van der Waals surface area contributed by atoms with Crippen LogP contribution in [0.15, 0.2) is 121 Å². The van der Waals surface area contributed by atoms with Crippen LogP contribution < -0.4 is 14.8 Å². The molecule has 13 heteroatoms. The fourth-order valence-corrected chi connectivity index (χ4v) is 7.88. The third-order valence-electron chi connectivity index (χ3n) is 10.9. The highest BCUT2D eigenvalue weighted by Crippen LogP contribution is 2.36. The van der Waals surface area contributed by atoms with Crippen LogP contribution in [0.5, 0.6) is 11.5 Å². The number of rotatable bonds is 12. The number of nitrogens with zero attached hydrogens (tertiary/aromatic N) is 5. The molecule has 4 aromatic carbocycles. The monoisotopic (exact) mass is 786 g/mol. The van der Waals surface area contributed by atoms with Gasteiger partial charge in [0, 0.05) is 41.7 Å². The largest absolute Gasteiger partial charge is 0.494 e. The molecule has 3 aliphatic rings. The first-order valence-corrected chi connectivity index (χ1v) is 19.5. The number of hydrogen-bond donors (Lipinski definition) is 2. The second kappa shape index (κ2) is 15.9. The quantitative estimate of drug-likeness (QED) is 0.0573. The Kier molecular flexibility index (Phi) is 9.99. The van der Waals surface area contributed by atoms with Crippen molar-refractivity contribution in [2.24, 2.45) is 5.16 Å². The molecule has 0 radical (unpaired) electrons. The summed E-state index contributed by atoms with van der Waals surface area (Å²) in [7, 11) is 0. The molecule has 2 N–H and O–H groups in total. The summed E-state index contributed by atoms with van der Waals surface area (Å²) in [4.78, 5) is 55.6. The maximum absolute atomic E-state index is 13.3. The number of benzene rings is 4. The number of pyridine rings is 1. The number of amides is 4. The van der Waals surface area contributed by atoms with Gasteiger partial charge in [0.05, 0.1) is 35.7 Å². The molecular weight excluding hydrogens is 749 g/mol. The molecule has 2 aromatic heterocycles. The number of hydrogen-bond acceptors (Lipinski definition) is 10. The molecule has 13 nitrogen and oxygen atoms in total. The molecular formula is C46H38N6O7.